The number of halogens is 4. The third-order valence-corrected chi connectivity index (χ3v) is 11.5. The summed E-state index contributed by atoms with van der Waals surface area (Å²) in [6.45, 7) is 9.20. The van der Waals surface area contributed by atoms with Crippen LogP contribution in [0.4, 0.5) is 0 Å². The van der Waals surface area contributed by atoms with E-state index in [1.807, 2.05) is 0 Å². The van der Waals surface area contributed by atoms with Crippen LogP contribution in [0.3, 0.4) is 0 Å². The van der Waals surface area contributed by atoms with Crippen LogP contribution in [0.15, 0.2) is 78.6 Å². The normalized spacial score (nSPS) is 12.4. The lowest BCUT2D eigenvalue weighted by Gasteiger charge is -2.26. The van der Waals surface area contributed by atoms with E-state index in [4.69, 9.17) is 0 Å². The Bertz CT molecular complexity index is 1800. The maximum Gasteiger partial charge on any atom is 0.0414 e. The van der Waals surface area contributed by atoms with Crippen molar-refractivity contribution in [2.75, 3.05) is 0 Å². The summed E-state index contributed by atoms with van der Waals surface area (Å²) in [5.74, 6) is 0.796. The van der Waals surface area contributed by atoms with Crippen molar-refractivity contribution in [1.82, 2.24) is 0 Å². The van der Waals surface area contributed by atoms with Crippen molar-refractivity contribution in [1.29, 1.82) is 0 Å². The minimum atomic E-state index is 0.398. The number of rotatable bonds is 3. The molecule has 0 saturated carbocycles. The minimum absolute atomic E-state index is 0.398. The molecule has 4 heteroatoms. The summed E-state index contributed by atoms with van der Waals surface area (Å²) in [6, 6.07) is 22.5. The Kier molecular flexibility index (Phi) is 6.27. The zero-order valence-corrected chi connectivity index (χ0v) is 26.8. The molecule has 0 nitrogen and oxygen atoms in total. The highest BCUT2D eigenvalue weighted by Crippen LogP contribution is 2.55. The molecule has 0 spiro atoms. The van der Waals surface area contributed by atoms with Gasteiger partial charge in [-0.1, -0.05) is 82.3 Å². The zero-order chi connectivity index (χ0) is 25.5. The Hall–Kier alpha value is -1.46. The van der Waals surface area contributed by atoms with Gasteiger partial charge in [0.15, 0.2) is 0 Å². The van der Waals surface area contributed by atoms with Crippen molar-refractivity contribution in [2.24, 2.45) is 0 Å². The molecule has 0 unspecified atom stereocenters. The molecule has 0 N–H and O–H groups in total. The van der Waals surface area contributed by atoms with Gasteiger partial charge in [0.05, 0.1) is 0 Å². The summed E-state index contributed by atoms with van der Waals surface area (Å²) in [6.07, 6.45) is 0. The summed E-state index contributed by atoms with van der Waals surface area (Å²) in [5, 5.41) is 10.2. The second-order valence-corrected chi connectivity index (χ2v) is 13.4. The largest absolute Gasteiger partial charge is 0.0617 e. The van der Waals surface area contributed by atoms with Gasteiger partial charge in [0, 0.05) is 34.2 Å². The highest BCUT2D eigenvalue weighted by atomic mass is 79.9. The molecular weight excluding hydrogens is 704 g/mol. The molecule has 6 aromatic rings. The van der Waals surface area contributed by atoms with Gasteiger partial charge in [-0.2, -0.15) is 0 Å². The number of hydrogen-bond acceptors (Lipinski definition) is 0. The summed E-state index contributed by atoms with van der Waals surface area (Å²) in [7, 11) is 0. The van der Waals surface area contributed by atoms with Crippen LogP contribution in [0.5, 0.6) is 0 Å². The maximum atomic E-state index is 4.11. The smallest absolute Gasteiger partial charge is 0.0414 e. The van der Waals surface area contributed by atoms with E-state index in [9.17, 15) is 0 Å². The van der Waals surface area contributed by atoms with Crippen molar-refractivity contribution in [3.8, 4) is 11.1 Å². The fraction of sp³-hybridized carbons (Fsp3) is 0.188. The van der Waals surface area contributed by atoms with E-state index < -0.39 is 0 Å². The molecule has 6 aromatic carbocycles. The molecule has 36 heavy (non-hydrogen) atoms. The Labute approximate surface area is 245 Å². The van der Waals surface area contributed by atoms with Crippen molar-refractivity contribution >= 4 is 107 Å². The van der Waals surface area contributed by atoms with Gasteiger partial charge in [-0.3, -0.25) is 0 Å². The molecular formula is C32H24Br4. The van der Waals surface area contributed by atoms with Gasteiger partial charge in [0.25, 0.3) is 0 Å². The first-order chi connectivity index (χ1) is 17.2. The van der Waals surface area contributed by atoms with E-state index in [1.165, 1.54) is 65.3 Å². The number of fused-ring (bicyclic) bond motifs is 2. The van der Waals surface area contributed by atoms with Crippen LogP contribution < -0.4 is 0 Å². The first-order valence-corrected chi connectivity index (χ1v) is 15.4. The van der Waals surface area contributed by atoms with Gasteiger partial charge in [-0.15, -0.1) is 0 Å². The van der Waals surface area contributed by atoms with Crippen molar-refractivity contribution in [2.45, 2.75) is 39.5 Å². The fourth-order valence-corrected chi connectivity index (χ4v) is 8.27. The summed E-state index contributed by atoms with van der Waals surface area (Å²) in [4.78, 5) is 0. The average Bonchev–Trinajstić information content (AvgIpc) is 2.86. The first kappa shape index (κ1) is 24.9. The monoisotopic (exact) mass is 724 g/mol. The molecule has 6 rings (SSSR count). The van der Waals surface area contributed by atoms with E-state index in [-0.39, 0.29) is 0 Å². The van der Waals surface area contributed by atoms with Gasteiger partial charge in [0.1, 0.15) is 0 Å². The molecule has 0 saturated heterocycles. The second-order valence-electron chi connectivity index (χ2n) is 10.2. The van der Waals surface area contributed by atoms with Crippen molar-refractivity contribution in [3.63, 3.8) is 0 Å². The third kappa shape index (κ3) is 3.47. The predicted molar refractivity (Wildman–Crippen MR) is 172 cm³/mol. The van der Waals surface area contributed by atoms with E-state index in [0.29, 0.717) is 11.8 Å². The van der Waals surface area contributed by atoms with Crippen LogP contribution in [0.2, 0.25) is 0 Å². The number of benzene rings is 6. The third-order valence-electron chi connectivity index (χ3n) is 7.44. The Morgan fingerprint density at radius 1 is 0.500 bits per heavy atom. The van der Waals surface area contributed by atoms with Gasteiger partial charge < -0.3 is 0 Å². The lowest BCUT2D eigenvalue weighted by atomic mass is 9.80. The highest BCUT2D eigenvalue weighted by molar-refractivity contribution is 9.13. The Morgan fingerprint density at radius 2 is 1.08 bits per heavy atom. The van der Waals surface area contributed by atoms with Gasteiger partial charge in [-0.05, 0) is 131 Å². The van der Waals surface area contributed by atoms with E-state index >= 15 is 0 Å². The van der Waals surface area contributed by atoms with Gasteiger partial charge >= 0.3 is 0 Å². The molecule has 0 aliphatic heterocycles. The van der Waals surface area contributed by atoms with Gasteiger partial charge in [-0.25, -0.2) is 0 Å². The summed E-state index contributed by atoms with van der Waals surface area (Å²) < 4.78 is 4.29. The van der Waals surface area contributed by atoms with E-state index in [2.05, 4.69) is 152 Å². The SMILES string of the molecule is CC(C)c1cccc(C(C)C)c1-c1c(Br)c(Br)c2c(Br)c(Br)cc3c4cccc5cccc(c1c23)c54. The molecule has 0 heterocycles. The van der Waals surface area contributed by atoms with Crippen LogP contribution in [0.1, 0.15) is 50.7 Å². The Morgan fingerprint density at radius 3 is 1.69 bits per heavy atom. The van der Waals surface area contributed by atoms with Crippen molar-refractivity contribution in [3.05, 3.63) is 89.7 Å². The lowest BCUT2D eigenvalue weighted by Crippen LogP contribution is -2.02. The molecule has 0 atom stereocenters. The quantitative estimate of drug-likeness (QED) is 0.126. The molecule has 0 fully saturated rings. The molecule has 180 valence electrons. The van der Waals surface area contributed by atoms with Crippen molar-refractivity contribution < 1.29 is 0 Å². The molecule has 0 amide bonds. The molecule has 0 aromatic heterocycles. The standard InChI is InChI=1S/C32H24Br4/c1-15(2)18-10-7-11-19(16(3)4)25(18)28-26-21-13-6-9-17-8-5-12-20(24(17)21)22-14-23(33)30(34)29(27(22)26)32(36)31(28)35/h5-16H,1-4H3. The van der Waals surface area contributed by atoms with Gasteiger partial charge in [0.2, 0.25) is 0 Å². The van der Waals surface area contributed by atoms with Crippen LogP contribution in [-0.2, 0) is 0 Å². The van der Waals surface area contributed by atoms with Crippen LogP contribution >= 0.6 is 63.7 Å². The van der Waals surface area contributed by atoms with Crippen LogP contribution in [0, 0.1) is 0 Å². The van der Waals surface area contributed by atoms with E-state index in [0.717, 1.165) is 17.9 Å². The fourth-order valence-electron chi connectivity index (χ4n) is 5.88. The molecule has 0 radical (unpaired) electrons. The number of hydrogen-bond donors (Lipinski definition) is 0. The average molecular weight is 728 g/mol. The summed E-state index contributed by atoms with van der Waals surface area (Å²) in [5.41, 5.74) is 5.40. The van der Waals surface area contributed by atoms with Crippen LogP contribution in [-0.4, -0.2) is 0 Å². The molecule has 0 bridgehead atoms. The molecule has 0 aliphatic carbocycles. The topological polar surface area (TPSA) is 0 Å². The Balaban J connectivity index is 2.02. The lowest BCUT2D eigenvalue weighted by molar-refractivity contribution is 0.838. The maximum absolute atomic E-state index is 4.11. The molecule has 0 aliphatic rings. The van der Waals surface area contributed by atoms with Crippen LogP contribution in [0.25, 0.3) is 54.2 Å². The van der Waals surface area contributed by atoms with E-state index in [1.54, 1.807) is 0 Å². The minimum Gasteiger partial charge on any atom is -0.0617 e. The predicted octanol–water partition coefficient (Wildman–Crippen LogP) is 12.7. The first-order valence-electron chi connectivity index (χ1n) is 12.2. The second kappa shape index (κ2) is 9.08. The highest BCUT2D eigenvalue weighted by Gasteiger charge is 2.27. The summed E-state index contributed by atoms with van der Waals surface area (Å²) >= 11 is 15.9. The zero-order valence-electron chi connectivity index (χ0n) is 20.4.